The van der Waals surface area contributed by atoms with Crippen molar-refractivity contribution in [1.29, 1.82) is 0 Å². The molecule has 0 saturated carbocycles. The van der Waals surface area contributed by atoms with Crippen molar-refractivity contribution in [1.82, 2.24) is 9.88 Å². The molecule has 0 N–H and O–H groups in total. The van der Waals surface area contributed by atoms with Crippen LogP contribution >= 0.6 is 11.6 Å². The molecule has 0 aromatic carbocycles. The van der Waals surface area contributed by atoms with E-state index in [9.17, 15) is 0 Å². The maximum Gasteiger partial charge on any atom is 0.213 e. The van der Waals surface area contributed by atoms with Gasteiger partial charge in [-0.15, -0.1) is 11.6 Å². The molecule has 0 atom stereocenters. The molecule has 3 nitrogen and oxygen atoms in total. The van der Waals surface area contributed by atoms with Crippen molar-refractivity contribution in [2.45, 2.75) is 25.9 Å². The van der Waals surface area contributed by atoms with Crippen molar-refractivity contribution in [3.63, 3.8) is 0 Å². The maximum absolute atomic E-state index is 5.93. The minimum absolute atomic E-state index is 0.0354. The molecule has 0 bridgehead atoms. The first-order valence-corrected chi connectivity index (χ1v) is 5.80. The van der Waals surface area contributed by atoms with Crippen molar-refractivity contribution in [3.8, 4) is 5.88 Å². The van der Waals surface area contributed by atoms with Gasteiger partial charge in [0, 0.05) is 24.0 Å². The Hall–Kier alpha value is -0.800. The Kier molecular flexibility index (Phi) is 4.56. The van der Waals surface area contributed by atoms with Gasteiger partial charge in [-0.3, -0.25) is 4.90 Å². The molecule has 1 aromatic heterocycles. The Bertz CT molecular complexity index is 342. The molecule has 90 valence electrons. The van der Waals surface area contributed by atoms with Crippen molar-refractivity contribution < 1.29 is 4.74 Å². The molecule has 0 saturated heterocycles. The zero-order chi connectivity index (χ0) is 12.2. The van der Waals surface area contributed by atoms with E-state index in [1.54, 1.807) is 7.11 Å². The van der Waals surface area contributed by atoms with Gasteiger partial charge in [-0.2, -0.15) is 0 Å². The first-order valence-electron chi connectivity index (χ1n) is 5.27. The van der Waals surface area contributed by atoms with Gasteiger partial charge in [-0.1, -0.05) is 6.07 Å². The van der Waals surface area contributed by atoms with Crippen LogP contribution in [0.5, 0.6) is 5.88 Å². The van der Waals surface area contributed by atoms with E-state index in [2.05, 4.69) is 23.7 Å². The van der Waals surface area contributed by atoms with Gasteiger partial charge >= 0.3 is 0 Å². The molecule has 0 aliphatic rings. The molecule has 0 radical (unpaired) electrons. The normalized spacial score (nSPS) is 11.9. The zero-order valence-corrected chi connectivity index (χ0v) is 11.1. The molecule has 1 rings (SSSR count). The Balaban J connectivity index is 2.72. The Morgan fingerprint density at radius 1 is 1.44 bits per heavy atom. The molecule has 4 heteroatoms. The monoisotopic (exact) mass is 242 g/mol. The van der Waals surface area contributed by atoms with E-state index in [0.29, 0.717) is 11.8 Å². The summed E-state index contributed by atoms with van der Waals surface area (Å²) in [6.07, 6.45) is 0. The average molecular weight is 243 g/mol. The first kappa shape index (κ1) is 13.3. The van der Waals surface area contributed by atoms with Crippen molar-refractivity contribution in [2.75, 3.05) is 20.0 Å². The number of ether oxygens (including phenoxy) is 1. The number of hydrogen-bond acceptors (Lipinski definition) is 3. The van der Waals surface area contributed by atoms with Gasteiger partial charge in [0.25, 0.3) is 0 Å². The number of nitrogens with zero attached hydrogens (tertiary/aromatic N) is 2. The van der Waals surface area contributed by atoms with Crippen molar-refractivity contribution >= 4 is 11.6 Å². The fraction of sp³-hybridized carbons (Fsp3) is 0.583. The molecule has 16 heavy (non-hydrogen) atoms. The van der Waals surface area contributed by atoms with E-state index in [4.69, 9.17) is 16.3 Å². The lowest BCUT2D eigenvalue weighted by Gasteiger charge is -2.33. The molecular weight excluding hydrogens is 224 g/mol. The summed E-state index contributed by atoms with van der Waals surface area (Å²) in [6, 6.07) is 5.78. The number of aromatic nitrogens is 1. The van der Waals surface area contributed by atoms with Crippen LogP contribution in [0.15, 0.2) is 18.2 Å². The second kappa shape index (κ2) is 5.51. The minimum Gasteiger partial charge on any atom is -0.481 e. The van der Waals surface area contributed by atoms with Crippen LogP contribution in [0.1, 0.15) is 19.5 Å². The molecule has 0 amide bonds. The highest BCUT2D eigenvalue weighted by atomic mass is 35.5. The number of pyridine rings is 1. The Morgan fingerprint density at radius 2 is 2.12 bits per heavy atom. The summed E-state index contributed by atoms with van der Waals surface area (Å²) in [4.78, 5) is 6.55. The van der Waals surface area contributed by atoms with E-state index >= 15 is 0 Å². The van der Waals surface area contributed by atoms with Crippen LogP contribution in [0.4, 0.5) is 0 Å². The highest BCUT2D eigenvalue weighted by Gasteiger charge is 2.22. The smallest absolute Gasteiger partial charge is 0.213 e. The molecule has 0 spiro atoms. The third kappa shape index (κ3) is 3.35. The summed E-state index contributed by atoms with van der Waals surface area (Å²) in [6.45, 7) is 4.98. The highest BCUT2D eigenvalue weighted by Crippen LogP contribution is 2.17. The van der Waals surface area contributed by atoms with E-state index in [-0.39, 0.29) is 5.54 Å². The summed E-state index contributed by atoms with van der Waals surface area (Å²) in [5.41, 5.74) is 0.951. The Morgan fingerprint density at radius 3 is 2.69 bits per heavy atom. The van der Waals surface area contributed by atoms with E-state index in [1.165, 1.54) is 0 Å². The van der Waals surface area contributed by atoms with Crippen LogP contribution in [-0.4, -0.2) is 35.5 Å². The van der Waals surface area contributed by atoms with Gasteiger partial charge in [-0.25, -0.2) is 4.98 Å². The van der Waals surface area contributed by atoms with Crippen molar-refractivity contribution in [2.24, 2.45) is 0 Å². The predicted molar refractivity (Wildman–Crippen MR) is 67.1 cm³/mol. The third-order valence-corrected chi connectivity index (χ3v) is 3.40. The van der Waals surface area contributed by atoms with Crippen LogP contribution in [0, 0.1) is 0 Å². The van der Waals surface area contributed by atoms with E-state index < -0.39 is 0 Å². The fourth-order valence-electron chi connectivity index (χ4n) is 1.22. The molecule has 0 aliphatic carbocycles. The molecule has 1 aromatic rings. The van der Waals surface area contributed by atoms with Crippen LogP contribution in [0.2, 0.25) is 0 Å². The second-order valence-corrected chi connectivity index (χ2v) is 4.74. The highest BCUT2D eigenvalue weighted by molar-refractivity contribution is 6.18. The number of halogens is 1. The van der Waals surface area contributed by atoms with Crippen LogP contribution in [-0.2, 0) is 6.54 Å². The summed E-state index contributed by atoms with van der Waals surface area (Å²) < 4.78 is 5.09. The average Bonchev–Trinajstić information content (AvgIpc) is 2.29. The largest absolute Gasteiger partial charge is 0.481 e. The van der Waals surface area contributed by atoms with Gasteiger partial charge in [0.05, 0.1) is 12.8 Å². The lowest BCUT2D eigenvalue weighted by molar-refractivity contribution is 0.168. The van der Waals surface area contributed by atoms with Gasteiger partial charge in [0.1, 0.15) is 0 Å². The van der Waals surface area contributed by atoms with Gasteiger partial charge in [0.2, 0.25) is 5.88 Å². The van der Waals surface area contributed by atoms with Crippen molar-refractivity contribution in [3.05, 3.63) is 23.9 Å². The van der Waals surface area contributed by atoms with E-state index in [1.807, 2.05) is 25.2 Å². The minimum atomic E-state index is -0.0354. The molecule has 0 unspecified atom stereocenters. The number of alkyl halides is 1. The summed E-state index contributed by atoms with van der Waals surface area (Å²) >= 11 is 5.93. The first-order chi connectivity index (χ1) is 7.49. The summed E-state index contributed by atoms with van der Waals surface area (Å²) in [5, 5.41) is 0. The van der Waals surface area contributed by atoms with Gasteiger partial charge in [-0.05, 0) is 27.0 Å². The molecule has 0 fully saturated rings. The summed E-state index contributed by atoms with van der Waals surface area (Å²) in [5.74, 6) is 1.24. The topological polar surface area (TPSA) is 25.4 Å². The third-order valence-electron chi connectivity index (χ3n) is 2.75. The maximum atomic E-state index is 5.93. The fourth-order valence-corrected chi connectivity index (χ4v) is 1.42. The summed E-state index contributed by atoms with van der Waals surface area (Å²) in [7, 11) is 3.67. The molecule has 0 aliphatic heterocycles. The standard InChI is InChI=1S/C12H19ClN2O/c1-12(2,9-13)15(3)8-10-6-5-7-11(14-10)16-4/h5-7H,8-9H2,1-4H3. The van der Waals surface area contributed by atoms with E-state index in [0.717, 1.165) is 12.2 Å². The number of methoxy groups -OCH3 is 1. The van der Waals surface area contributed by atoms with Gasteiger partial charge < -0.3 is 4.74 Å². The molecular formula is C12H19ClN2O. The van der Waals surface area contributed by atoms with Crippen LogP contribution in [0.3, 0.4) is 0 Å². The van der Waals surface area contributed by atoms with Crippen LogP contribution < -0.4 is 4.74 Å². The lowest BCUT2D eigenvalue weighted by Crippen LogP contribution is -2.42. The molecule has 1 heterocycles. The van der Waals surface area contributed by atoms with Crippen LogP contribution in [0.25, 0.3) is 0 Å². The number of rotatable bonds is 5. The number of hydrogen-bond donors (Lipinski definition) is 0. The SMILES string of the molecule is COc1cccc(CN(C)C(C)(C)CCl)n1. The lowest BCUT2D eigenvalue weighted by atomic mass is 10.1. The predicted octanol–water partition coefficient (Wildman–Crippen LogP) is 2.54. The second-order valence-electron chi connectivity index (χ2n) is 4.47. The quantitative estimate of drug-likeness (QED) is 0.742. The van der Waals surface area contributed by atoms with Gasteiger partial charge in [0.15, 0.2) is 0 Å². The Labute approximate surface area is 102 Å². The zero-order valence-electron chi connectivity index (χ0n) is 10.3.